The van der Waals surface area contributed by atoms with E-state index in [1.54, 1.807) is 6.33 Å². The summed E-state index contributed by atoms with van der Waals surface area (Å²) in [5.41, 5.74) is 1.89. The third-order valence-electron chi connectivity index (χ3n) is 2.46. The first-order valence-corrected chi connectivity index (χ1v) is 5.97. The Kier molecular flexibility index (Phi) is 2.56. The van der Waals surface area contributed by atoms with Gasteiger partial charge in [-0.05, 0) is 18.2 Å². The molecular formula is C11H10BrN5. The van der Waals surface area contributed by atoms with Crippen LogP contribution >= 0.6 is 15.9 Å². The summed E-state index contributed by atoms with van der Waals surface area (Å²) in [6.45, 7) is 0.682. The fourth-order valence-electron chi connectivity index (χ4n) is 1.70. The SMILES string of the molecule is Brc1cccc(Nc2ncnc3c2NCN3)c1. The molecule has 0 fully saturated rings. The minimum Gasteiger partial charge on any atom is -0.362 e. The number of anilines is 4. The number of nitrogens with zero attached hydrogens (tertiary/aromatic N) is 2. The van der Waals surface area contributed by atoms with Crippen molar-refractivity contribution in [1.29, 1.82) is 0 Å². The molecule has 0 saturated heterocycles. The Balaban J connectivity index is 1.93. The van der Waals surface area contributed by atoms with Gasteiger partial charge in [0.15, 0.2) is 11.6 Å². The minimum atomic E-state index is 0.682. The molecule has 0 radical (unpaired) electrons. The molecule has 5 nitrogen and oxygen atoms in total. The van der Waals surface area contributed by atoms with Crippen molar-refractivity contribution >= 4 is 38.9 Å². The van der Waals surface area contributed by atoms with Crippen molar-refractivity contribution in [3.8, 4) is 0 Å². The third-order valence-corrected chi connectivity index (χ3v) is 2.95. The summed E-state index contributed by atoms with van der Waals surface area (Å²) in [6, 6.07) is 7.94. The van der Waals surface area contributed by atoms with Crippen LogP contribution in [0.2, 0.25) is 0 Å². The van der Waals surface area contributed by atoms with Crippen LogP contribution in [0.15, 0.2) is 35.1 Å². The van der Waals surface area contributed by atoms with Gasteiger partial charge in [-0.25, -0.2) is 9.97 Å². The summed E-state index contributed by atoms with van der Waals surface area (Å²) >= 11 is 3.44. The lowest BCUT2D eigenvalue weighted by Crippen LogP contribution is -2.01. The Morgan fingerprint density at radius 3 is 3.06 bits per heavy atom. The molecule has 1 aliphatic heterocycles. The highest BCUT2D eigenvalue weighted by Gasteiger charge is 2.15. The number of nitrogens with one attached hydrogen (secondary N) is 3. The molecule has 17 heavy (non-hydrogen) atoms. The first kappa shape index (κ1) is 10.3. The van der Waals surface area contributed by atoms with Gasteiger partial charge in [0.05, 0.1) is 6.67 Å². The highest BCUT2D eigenvalue weighted by atomic mass is 79.9. The van der Waals surface area contributed by atoms with E-state index in [1.165, 1.54) is 0 Å². The van der Waals surface area contributed by atoms with Gasteiger partial charge in [-0.3, -0.25) is 0 Å². The van der Waals surface area contributed by atoms with Crippen molar-refractivity contribution in [1.82, 2.24) is 9.97 Å². The van der Waals surface area contributed by atoms with Crippen molar-refractivity contribution in [3.63, 3.8) is 0 Å². The molecule has 1 aliphatic rings. The summed E-state index contributed by atoms with van der Waals surface area (Å²) in [4.78, 5) is 8.38. The summed E-state index contributed by atoms with van der Waals surface area (Å²) in [7, 11) is 0. The largest absolute Gasteiger partial charge is 0.362 e. The van der Waals surface area contributed by atoms with Crippen LogP contribution in [0.1, 0.15) is 0 Å². The molecule has 0 spiro atoms. The van der Waals surface area contributed by atoms with Gasteiger partial charge in [0.2, 0.25) is 0 Å². The molecule has 2 heterocycles. The molecular weight excluding hydrogens is 282 g/mol. The van der Waals surface area contributed by atoms with Crippen LogP contribution in [0, 0.1) is 0 Å². The average molecular weight is 292 g/mol. The first-order valence-electron chi connectivity index (χ1n) is 5.18. The van der Waals surface area contributed by atoms with Gasteiger partial charge in [-0.2, -0.15) is 0 Å². The summed E-state index contributed by atoms with van der Waals surface area (Å²) in [6.07, 6.45) is 1.54. The monoisotopic (exact) mass is 291 g/mol. The molecule has 0 bridgehead atoms. The number of halogens is 1. The number of rotatable bonds is 2. The molecule has 0 amide bonds. The Morgan fingerprint density at radius 2 is 2.18 bits per heavy atom. The van der Waals surface area contributed by atoms with E-state index in [0.717, 1.165) is 27.5 Å². The van der Waals surface area contributed by atoms with Crippen LogP contribution in [0.4, 0.5) is 23.0 Å². The van der Waals surface area contributed by atoms with E-state index in [0.29, 0.717) is 6.67 Å². The van der Waals surface area contributed by atoms with E-state index in [2.05, 4.69) is 41.8 Å². The second-order valence-electron chi connectivity index (χ2n) is 3.61. The highest BCUT2D eigenvalue weighted by Crippen LogP contribution is 2.31. The lowest BCUT2D eigenvalue weighted by Gasteiger charge is -2.09. The number of aromatic nitrogens is 2. The maximum Gasteiger partial charge on any atom is 0.159 e. The maximum absolute atomic E-state index is 4.24. The number of fused-ring (bicyclic) bond motifs is 1. The van der Waals surface area contributed by atoms with Crippen molar-refractivity contribution in [2.75, 3.05) is 22.6 Å². The van der Waals surface area contributed by atoms with E-state index in [-0.39, 0.29) is 0 Å². The van der Waals surface area contributed by atoms with Crippen molar-refractivity contribution in [2.24, 2.45) is 0 Å². The van der Waals surface area contributed by atoms with Crippen molar-refractivity contribution in [2.45, 2.75) is 0 Å². The molecule has 0 atom stereocenters. The van der Waals surface area contributed by atoms with Gasteiger partial charge >= 0.3 is 0 Å². The number of hydrogen-bond donors (Lipinski definition) is 3. The fourth-order valence-corrected chi connectivity index (χ4v) is 2.10. The summed E-state index contributed by atoms with van der Waals surface area (Å²) in [5, 5.41) is 9.58. The zero-order valence-electron chi connectivity index (χ0n) is 8.87. The van der Waals surface area contributed by atoms with Gasteiger partial charge < -0.3 is 16.0 Å². The van der Waals surface area contributed by atoms with Crippen LogP contribution in [0.25, 0.3) is 0 Å². The van der Waals surface area contributed by atoms with Crippen LogP contribution in [0.5, 0.6) is 0 Å². The maximum atomic E-state index is 4.24. The molecule has 0 saturated carbocycles. The highest BCUT2D eigenvalue weighted by molar-refractivity contribution is 9.10. The minimum absolute atomic E-state index is 0.682. The predicted molar refractivity (Wildman–Crippen MR) is 71.6 cm³/mol. The van der Waals surface area contributed by atoms with Gasteiger partial charge in [0.1, 0.15) is 12.0 Å². The Labute approximate surface area is 107 Å². The lowest BCUT2D eigenvalue weighted by molar-refractivity contribution is 1.18. The van der Waals surface area contributed by atoms with E-state index >= 15 is 0 Å². The molecule has 0 aliphatic carbocycles. The smallest absolute Gasteiger partial charge is 0.159 e. The van der Waals surface area contributed by atoms with Gasteiger partial charge in [0, 0.05) is 10.2 Å². The van der Waals surface area contributed by atoms with E-state index < -0.39 is 0 Å². The molecule has 86 valence electrons. The first-order chi connectivity index (χ1) is 8.33. The molecule has 3 rings (SSSR count). The Bertz CT molecular complexity index is 557. The second kappa shape index (κ2) is 4.21. The quantitative estimate of drug-likeness (QED) is 0.794. The summed E-state index contributed by atoms with van der Waals surface area (Å²) < 4.78 is 1.03. The molecule has 2 aromatic rings. The molecule has 1 aromatic heterocycles. The van der Waals surface area contributed by atoms with Gasteiger partial charge in [-0.1, -0.05) is 22.0 Å². The number of benzene rings is 1. The van der Waals surface area contributed by atoms with Crippen molar-refractivity contribution in [3.05, 3.63) is 35.1 Å². The van der Waals surface area contributed by atoms with E-state index in [1.807, 2.05) is 24.3 Å². The third kappa shape index (κ3) is 2.03. The second-order valence-corrected chi connectivity index (χ2v) is 4.53. The number of hydrogen-bond acceptors (Lipinski definition) is 5. The molecule has 3 N–H and O–H groups in total. The molecule has 0 unspecified atom stereocenters. The standard InChI is InChI=1S/C11H10BrN5/c12-7-2-1-3-8(4-7)17-11-9-10(14-5-13-9)15-6-16-11/h1-4,6,13H,5H2,(H2,14,15,16,17). The Hall–Kier alpha value is -1.82. The zero-order chi connectivity index (χ0) is 11.7. The predicted octanol–water partition coefficient (Wildman–Crippen LogP) is 2.78. The normalized spacial score (nSPS) is 12.5. The topological polar surface area (TPSA) is 61.9 Å². The van der Waals surface area contributed by atoms with Crippen LogP contribution in [0.3, 0.4) is 0 Å². The van der Waals surface area contributed by atoms with E-state index in [4.69, 9.17) is 0 Å². The lowest BCUT2D eigenvalue weighted by atomic mass is 10.3. The van der Waals surface area contributed by atoms with Crippen molar-refractivity contribution < 1.29 is 0 Å². The average Bonchev–Trinajstić information content (AvgIpc) is 2.78. The van der Waals surface area contributed by atoms with Crippen LogP contribution in [-0.4, -0.2) is 16.6 Å². The van der Waals surface area contributed by atoms with Crippen LogP contribution < -0.4 is 16.0 Å². The zero-order valence-corrected chi connectivity index (χ0v) is 10.5. The Morgan fingerprint density at radius 1 is 1.24 bits per heavy atom. The summed E-state index contributed by atoms with van der Waals surface area (Å²) in [5.74, 6) is 1.61. The van der Waals surface area contributed by atoms with Gasteiger partial charge in [0.25, 0.3) is 0 Å². The van der Waals surface area contributed by atoms with Gasteiger partial charge in [-0.15, -0.1) is 0 Å². The van der Waals surface area contributed by atoms with Crippen LogP contribution in [-0.2, 0) is 0 Å². The molecule has 1 aromatic carbocycles. The van der Waals surface area contributed by atoms with E-state index in [9.17, 15) is 0 Å². The molecule has 6 heteroatoms. The fraction of sp³-hybridized carbons (Fsp3) is 0.0909.